The zero-order chi connectivity index (χ0) is 18.4. The summed E-state index contributed by atoms with van der Waals surface area (Å²) < 4.78 is 22.9. The van der Waals surface area contributed by atoms with Crippen LogP contribution >= 0.6 is 0 Å². The first-order valence-corrected chi connectivity index (χ1v) is 8.40. The number of methoxy groups -OCH3 is 1. The highest BCUT2D eigenvalue weighted by Crippen LogP contribution is 2.34. The van der Waals surface area contributed by atoms with E-state index in [0.29, 0.717) is 13.0 Å². The Hall–Kier alpha value is -1.44. The van der Waals surface area contributed by atoms with Crippen LogP contribution in [0, 0.1) is 0 Å². The van der Waals surface area contributed by atoms with Crippen LogP contribution in [0.5, 0.6) is 5.75 Å². The van der Waals surface area contributed by atoms with E-state index >= 15 is 0 Å². The number of aliphatic hydroxyl groups excluding tert-OH is 2. The molecule has 0 aromatic heterocycles. The lowest BCUT2D eigenvalue weighted by Gasteiger charge is -2.28. The minimum absolute atomic E-state index is 0.354. The van der Waals surface area contributed by atoms with Gasteiger partial charge in [-0.2, -0.15) is 0 Å². The molecule has 6 nitrogen and oxygen atoms in total. The number of aliphatic hydroxyl groups is 2. The van der Waals surface area contributed by atoms with Crippen LogP contribution in [0.1, 0.15) is 25.8 Å². The molecule has 2 N–H and O–H groups in total. The number of hydrogen-bond donors (Lipinski definition) is 2. The van der Waals surface area contributed by atoms with E-state index in [9.17, 15) is 10.2 Å². The molecule has 4 atom stereocenters. The van der Waals surface area contributed by atoms with Gasteiger partial charge in [0.05, 0.1) is 26.4 Å². The van der Waals surface area contributed by atoms with Gasteiger partial charge in [0.2, 0.25) is 0 Å². The van der Waals surface area contributed by atoms with Crippen molar-refractivity contribution < 1.29 is 29.2 Å². The van der Waals surface area contributed by atoms with Gasteiger partial charge in [-0.1, -0.05) is 18.2 Å². The second-order valence-electron chi connectivity index (χ2n) is 6.54. The summed E-state index contributed by atoms with van der Waals surface area (Å²) in [7, 11) is 1.62. The van der Waals surface area contributed by atoms with E-state index in [1.165, 1.54) is 0 Å². The topological polar surface area (TPSA) is 77.4 Å². The van der Waals surface area contributed by atoms with Crippen molar-refractivity contribution in [2.24, 2.45) is 0 Å². The molecule has 140 valence electrons. The average molecular weight is 352 g/mol. The second-order valence-corrected chi connectivity index (χ2v) is 6.54. The summed E-state index contributed by atoms with van der Waals surface area (Å²) >= 11 is 0. The van der Waals surface area contributed by atoms with E-state index in [-0.39, 0.29) is 6.10 Å². The van der Waals surface area contributed by atoms with E-state index in [1.807, 2.05) is 24.3 Å². The fraction of sp³-hybridized carbons (Fsp3) is 0.579. The van der Waals surface area contributed by atoms with Gasteiger partial charge in [0.1, 0.15) is 24.1 Å². The summed E-state index contributed by atoms with van der Waals surface area (Å²) in [5.74, 6) is -0.0687. The number of ether oxygens (including phenoxy) is 4. The molecule has 25 heavy (non-hydrogen) atoms. The third-order valence-electron chi connectivity index (χ3n) is 4.12. The highest BCUT2D eigenvalue weighted by atomic mass is 16.8. The maximum Gasteiger partial charge on any atom is 0.164 e. The molecule has 1 aromatic rings. The number of rotatable bonds is 9. The largest absolute Gasteiger partial charge is 0.497 e. The fourth-order valence-electron chi connectivity index (χ4n) is 2.89. The molecule has 1 aliphatic heterocycles. The minimum Gasteiger partial charge on any atom is -0.497 e. The predicted octanol–water partition coefficient (Wildman–Crippen LogP) is 2.03. The molecule has 0 unspecified atom stereocenters. The molecular weight excluding hydrogens is 324 g/mol. The summed E-state index contributed by atoms with van der Waals surface area (Å²) in [5.41, 5.74) is 0.993. The van der Waals surface area contributed by atoms with Gasteiger partial charge in [0, 0.05) is 0 Å². The van der Waals surface area contributed by atoms with Gasteiger partial charge in [-0.15, -0.1) is 6.58 Å². The average Bonchev–Trinajstić information content (AvgIpc) is 2.94. The highest BCUT2D eigenvalue weighted by Gasteiger charge is 2.48. The molecule has 6 heteroatoms. The smallest absolute Gasteiger partial charge is 0.164 e. The summed E-state index contributed by atoms with van der Waals surface area (Å²) in [5, 5.41) is 19.4. The van der Waals surface area contributed by atoms with Gasteiger partial charge >= 0.3 is 0 Å². The Morgan fingerprint density at radius 3 is 2.44 bits per heavy atom. The van der Waals surface area contributed by atoms with Gasteiger partial charge in [-0.3, -0.25) is 0 Å². The normalized spacial score (nSPS) is 24.7. The van der Waals surface area contributed by atoms with Crippen molar-refractivity contribution in [3.63, 3.8) is 0 Å². The van der Waals surface area contributed by atoms with Gasteiger partial charge in [-0.25, -0.2) is 0 Å². The first-order chi connectivity index (χ1) is 11.9. The van der Waals surface area contributed by atoms with Crippen molar-refractivity contribution in [3.8, 4) is 5.75 Å². The molecule has 0 aliphatic carbocycles. The summed E-state index contributed by atoms with van der Waals surface area (Å²) in [6.45, 7) is 7.30. The first-order valence-electron chi connectivity index (χ1n) is 8.40. The maximum atomic E-state index is 10.1. The van der Waals surface area contributed by atoms with Crippen LogP contribution in [0.25, 0.3) is 0 Å². The van der Waals surface area contributed by atoms with Gasteiger partial charge in [0.25, 0.3) is 0 Å². The molecule has 1 fully saturated rings. The van der Waals surface area contributed by atoms with E-state index in [0.717, 1.165) is 11.3 Å². The lowest BCUT2D eigenvalue weighted by molar-refractivity contribution is -0.164. The molecule has 1 saturated heterocycles. The van der Waals surface area contributed by atoms with Crippen molar-refractivity contribution in [1.82, 2.24) is 0 Å². The Kier molecular flexibility index (Phi) is 6.98. The predicted molar refractivity (Wildman–Crippen MR) is 93.3 cm³/mol. The van der Waals surface area contributed by atoms with Crippen LogP contribution in [0.15, 0.2) is 36.9 Å². The van der Waals surface area contributed by atoms with Crippen molar-refractivity contribution in [1.29, 1.82) is 0 Å². The summed E-state index contributed by atoms with van der Waals surface area (Å²) in [6.07, 6.45) is -0.282. The van der Waals surface area contributed by atoms with E-state index in [1.54, 1.807) is 27.0 Å². The third kappa shape index (κ3) is 5.26. The summed E-state index contributed by atoms with van der Waals surface area (Å²) in [4.78, 5) is 0. The number of hydrogen-bond acceptors (Lipinski definition) is 6. The maximum absolute atomic E-state index is 10.1. The molecule has 0 radical (unpaired) electrons. The van der Waals surface area contributed by atoms with Crippen LogP contribution in [0.3, 0.4) is 0 Å². The van der Waals surface area contributed by atoms with Crippen molar-refractivity contribution in [2.45, 2.75) is 57.1 Å². The Balaban J connectivity index is 2.08. The Bertz CT molecular complexity index is 541. The molecule has 0 amide bonds. The van der Waals surface area contributed by atoms with E-state index in [4.69, 9.17) is 18.9 Å². The SMILES string of the molecule is C=CC[C@@H](OCc1ccc(OC)cc1)[C@H]1OC(C)(C)O[C@@H]1[C@H](O)CO. The standard InChI is InChI=1S/C19H28O6/c1-5-6-16(23-12-13-7-9-14(22-4)10-8-13)18-17(15(21)11-20)24-19(2,3)25-18/h5,7-10,15-18,20-21H,1,6,11-12H2,2-4H3/t15-,16-,17-,18-/m1/s1. The monoisotopic (exact) mass is 352 g/mol. The van der Waals surface area contributed by atoms with Gasteiger partial charge in [0.15, 0.2) is 5.79 Å². The van der Waals surface area contributed by atoms with E-state index in [2.05, 4.69) is 6.58 Å². The summed E-state index contributed by atoms with van der Waals surface area (Å²) in [6, 6.07) is 7.61. The zero-order valence-electron chi connectivity index (χ0n) is 15.1. The first kappa shape index (κ1) is 19.9. The third-order valence-corrected chi connectivity index (χ3v) is 4.12. The van der Waals surface area contributed by atoms with Crippen LogP contribution < -0.4 is 4.74 Å². The molecule has 0 saturated carbocycles. The van der Waals surface area contributed by atoms with E-state index < -0.39 is 30.7 Å². The van der Waals surface area contributed by atoms with Crippen LogP contribution in [0.2, 0.25) is 0 Å². The minimum atomic E-state index is -1.04. The molecule has 2 rings (SSSR count). The Morgan fingerprint density at radius 1 is 1.24 bits per heavy atom. The molecule has 1 aromatic carbocycles. The van der Waals surface area contributed by atoms with Crippen LogP contribution in [-0.4, -0.2) is 54.1 Å². The van der Waals surface area contributed by atoms with Gasteiger partial charge < -0.3 is 29.2 Å². The lowest BCUT2D eigenvalue weighted by Crippen LogP contribution is -2.44. The Morgan fingerprint density at radius 2 is 1.88 bits per heavy atom. The quantitative estimate of drug-likeness (QED) is 0.662. The lowest BCUT2D eigenvalue weighted by atomic mass is 10.0. The molecule has 1 heterocycles. The van der Waals surface area contributed by atoms with Crippen molar-refractivity contribution in [2.75, 3.05) is 13.7 Å². The second kappa shape index (κ2) is 8.78. The zero-order valence-corrected chi connectivity index (χ0v) is 15.1. The van der Waals surface area contributed by atoms with Crippen LogP contribution in [0.4, 0.5) is 0 Å². The molecule has 0 bridgehead atoms. The number of benzene rings is 1. The molecular formula is C19H28O6. The highest BCUT2D eigenvalue weighted by molar-refractivity contribution is 5.26. The molecule has 1 aliphatic rings. The Labute approximate surface area is 149 Å². The van der Waals surface area contributed by atoms with Crippen molar-refractivity contribution in [3.05, 3.63) is 42.5 Å². The van der Waals surface area contributed by atoms with Gasteiger partial charge in [-0.05, 0) is 38.0 Å². The van der Waals surface area contributed by atoms with Crippen LogP contribution in [-0.2, 0) is 20.8 Å². The molecule has 0 spiro atoms. The van der Waals surface area contributed by atoms with Crippen molar-refractivity contribution >= 4 is 0 Å². The fourth-order valence-corrected chi connectivity index (χ4v) is 2.89.